The van der Waals surface area contributed by atoms with Gasteiger partial charge in [-0.2, -0.15) is 5.26 Å². The van der Waals surface area contributed by atoms with Gasteiger partial charge in [-0.1, -0.05) is 231 Å². The number of rotatable bonds is 11. The SMILES string of the molecule is [C-]#[N+]c1ccccc1-c1ccc2c(c1)c1cc(-c3ccccc3C#N)ccc1n2-c1ccc(-c2nc(-c3ccccc3)nc(-c3ccccc3)n2)c(-c2cccc([Si](c3ccccc3)(c3ccccc3)c3ccccc3)c2)c1. The highest BCUT2D eigenvalue weighted by Crippen LogP contribution is 2.42. The highest BCUT2D eigenvalue weighted by molar-refractivity contribution is 7.19. The van der Waals surface area contributed by atoms with Gasteiger partial charge >= 0.3 is 0 Å². The van der Waals surface area contributed by atoms with Crippen LogP contribution in [0.1, 0.15) is 5.56 Å². The zero-order valence-corrected chi connectivity index (χ0v) is 43.2. The third-order valence-electron chi connectivity index (χ3n) is 14.9. The summed E-state index contributed by atoms with van der Waals surface area (Å²) in [7, 11) is -2.97. The zero-order valence-electron chi connectivity index (χ0n) is 42.2. The van der Waals surface area contributed by atoms with Gasteiger partial charge in [-0.05, 0) is 103 Å². The van der Waals surface area contributed by atoms with Gasteiger partial charge in [0.05, 0.1) is 29.2 Å². The third kappa shape index (κ3) is 8.34. The molecule has 78 heavy (non-hydrogen) atoms. The lowest BCUT2D eigenvalue weighted by Crippen LogP contribution is -2.74. The van der Waals surface area contributed by atoms with Crippen LogP contribution in [0.15, 0.2) is 279 Å². The van der Waals surface area contributed by atoms with Crippen molar-refractivity contribution in [3.05, 3.63) is 296 Å². The molecule has 13 rings (SSSR count). The van der Waals surface area contributed by atoms with Crippen LogP contribution in [0.2, 0.25) is 0 Å². The van der Waals surface area contributed by atoms with E-state index in [1.807, 2.05) is 109 Å². The molecule has 0 N–H and O–H groups in total. The minimum absolute atomic E-state index is 0.554. The van der Waals surface area contributed by atoms with Crippen LogP contribution in [-0.2, 0) is 0 Å². The van der Waals surface area contributed by atoms with E-state index in [1.165, 1.54) is 20.7 Å². The van der Waals surface area contributed by atoms with Gasteiger partial charge in [-0.3, -0.25) is 0 Å². The Hall–Kier alpha value is -10.6. The fourth-order valence-corrected chi connectivity index (χ4v) is 16.1. The van der Waals surface area contributed by atoms with Crippen molar-refractivity contribution < 1.29 is 0 Å². The average Bonchev–Trinajstić information content (AvgIpc) is 3.91. The van der Waals surface area contributed by atoms with E-state index in [0.29, 0.717) is 28.7 Å². The molecule has 0 bridgehead atoms. The molecule has 13 aromatic rings. The maximum atomic E-state index is 10.2. The molecular weight excluding hydrogens is 965 g/mol. The first-order chi connectivity index (χ1) is 38.6. The van der Waals surface area contributed by atoms with Gasteiger partial charge in [0.25, 0.3) is 0 Å². The maximum absolute atomic E-state index is 10.2. The normalized spacial score (nSPS) is 11.3. The monoisotopic (exact) mass is 1010 g/mol. The van der Waals surface area contributed by atoms with Crippen molar-refractivity contribution in [2.24, 2.45) is 0 Å². The minimum Gasteiger partial charge on any atom is -0.309 e. The number of nitrogens with zero attached hydrogens (tertiary/aromatic N) is 6. The number of aromatic nitrogens is 4. The third-order valence-corrected chi connectivity index (χ3v) is 19.7. The van der Waals surface area contributed by atoms with Crippen LogP contribution in [-0.4, -0.2) is 27.6 Å². The molecule has 7 heteroatoms. The van der Waals surface area contributed by atoms with E-state index in [4.69, 9.17) is 21.5 Å². The van der Waals surface area contributed by atoms with Crippen molar-refractivity contribution in [2.75, 3.05) is 0 Å². The van der Waals surface area contributed by atoms with Crippen LogP contribution in [0.4, 0.5) is 5.69 Å². The fourth-order valence-electron chi connectivity index (χ4n) is 11.3. The Balaban J connectivity index is 1.10. The lowest BCUT2D eigenvalue weighted by molar-refractivity contribution is 1.07. The second-order valence-electron chi connectivity index (χ2n) is 19.3. The molecule has 0 radical (unpaired) electrons. The number of benzene rings is 11. The second-order valence-corrected chi connectivity index (χ2v) is 23.1. The van der Waals surface area contributed by atoms with E-state index >= 15 is 0 Å². The van der Waals surface area contributed by atoms with Gasteiger partial charge in [0.1, 0.15) is 0 Å². The van der Waals surface area contributed by atoms with Crippen LogP contribution in [0.25, 0.3) is 99.9 Å². The molecule has 0 saturated heterocycles. The van der Waals surface area contributed by atoms with Gasteiger partial charge < -0.3 is 4.57 Å². The largest absolute Gasteiger partial charge is 0.309 e. The van der Waals surface area contributed by atoms with Gasteiger partial charge in [-0.25, -0.2) is 19.8 Å². The van der Waals surface area contributed by atoms with Crippen molar-refractivity contribution in [1.82, 2.24) is 19.5 Å². The summed E-state index contributed by atoms with van der Waals surface area (Å²) in [6.45, 7) is 8.05. The first-order valence-corrected chi connectivity index (χ1v) is 27.9. The van der Waals surface area contributed by atoms with Crippen molar-refractivity contribution in [2.45, 2.75) is 0 Å². The van der Waals surface area contributed by atoms with Crippen LogP contribution < -0.4 is 20.7 Å². The van der Waals surface area contributed by atoms with Gasteiger partial charge in [0.2, 0.25) is 0 Å². The smallest absolute Gasteiger partial charge is 0.194 e. The molecule has 11 aromatic carbocycles. The lowest BCUT2D eigenvalue weighted by atomic mass is 9.97. The Bertz CT molecular complexity index is 4180. The standard InChI is InChI=1S/C71H46N6Si/c1-73-66-37-20-19-36-61(66)53-39-43-68-65(46-53)64-45-52(60-35-18-17-26-54(60)48-72)38-42-67(64)77(68)55-40-41-62(71-75-69(49-22-7-2-8-23-49)74-70(76-71)50-24-9-3-10-25-50)63(47-55)51-27-21-34-59(44-51)78(56-28-11-4-12-29-56,57-30-13-5-14-31-57)58-32-15-6-16-33-58/h2-47H. The number of fused-ring (bicyclic) bond motifs is 3. The summed E-state index contributed by atoms with van der Waals surface area (Å²) < 4.78 is 2.33. The predicted octanol–water partition coefficient (Wildman–Crippen LogP) is 14.8. The molecule has 0 spiro atoms. The summed E-state index contributed by atoms with van der Waals surface area (Å²) >= 11 is 0. The van der Waals surface area contributed by atoms with Crippen LogP contribution in [0.5, 0.6) is 0 Å². The number of nitriles is 1. The summed E-state index contributed by atoms with van der Waals surface area (Å²) in [5.41, 5.74) is 12.4. The van der Waals surface area contributed by atoms with Crippen molar-refractivity contribution in [1.29, 1.82) is 5.26 Å². The highest BCUT2D eigenvalue weighted by Gasteiger charge is 2.41. The fraction of sp³-hybridized carbons (Fsp3) is 0. The molecule has 2 heterocycles. The van der Waals surface area contributed by atoms with Crippen LogP contribution in [0.3, 0.4) is 0 Å². The second kappa shape index (κ2) is 20.3. The van der Waals surface area contributed by atoms with Crippen molar-refractivity contribution in [3.8, 4) is 79.3 Å². The molecule has 0 unspecified atom stereocenters. The van der Waals surface area contributed by atoms with Gasteiger partial charge in [0.15, 0.2) is 31.2 Å². The Labute approximate surface area is 454 Å². The quantitative estimate of drug-likeness (QED) is 0.0735. The Morgan fingerprint density at radius 1 is 0.359 bits per heavy atom. The van der Waals surface area contributed by atoms with E-state index in [2.05, 4.69) is 185 Å². The molecule has 0 fully saturated rings. The molecule has 0 saturated carbocycles. The highest BCUT2D eigenvalue weighted by atomic mass is 28.3. The lowest BCUT2D eigenvalue weighted by Gasteiger charge is -2.34. The molecule has 364 valence electrons. The molecule has 2 aromatic heterocycles. The molecule has 0 aliphatic carbocycles. The summed E-state index contributed by atoms with van der Waals surface area (Å²) in [4.78, 5) is 19.7. The summed E-state index contributed by atoms with van der Waals surface area (Å²) in [5.74, 6) is 1.72. The van der Waals surface area contributed by atoms with Crippen molar-refractivity contribution >= 4 is 56.3 Å². The topological polar surface area (TPSA) is 71.8 Å². The molecule has 0 atom stereocenters. The van der Waals surface area contributed by atoms with Gasteiger partial charge in [0, 0.05) is 33.2 Å². The van der Waals surface area contributed by atoms with Crippen LogP contribution >= 0.6 is 0 Å². The zero-order chi connectivity index (χ0) is 52.4. The molecule has 0 amide bonds. The molecule has 0 aliphatic rings. The summed E-state index contributed by atoms with van der Waals surface area (Å²) in [6, 6.07) is 100.0. The van der Waals surface area contributed by atoms with E-state index in [9.17, 15) is 5.26 Å². The van der Waals surface area contributed by atoms with E-state index in [1.54, 1.807) is 0 Å². The Kier molecular flexibility index (Phi) is 12.3. The van der Waals surface area contributed by atoms with Crippen LogP contribution in [0, 0.1) is 17.9 Å². The first kappa shape index (κ1) is 47.2. The Morgan fingerprint density at radius 2 is 0.808 bits per heavy atom. The number of para-hydroxylation sites is 1. The van der Waals surface area contributed by atoms with E-state index in [-0.39, 0.29) is 0 Å². The number of hydrogen-bond acceptors (Lipinski definition) is 4. The number of hydrogen-bond donors (Lipinski definition) is 0. The molecule has 0 aliphatic heterocycles. The predicted molar refractivity (Wildman–Crippen MR) is 321 cm³/mol. The molecule has 6 nitrogen and oxygen atoms in total. The summed E-state index contributed by atoms with van der Waals surface area (Å²) in [6.07, 6.45) is 0. The molecular formula is C71H46N6Si. The Morgan fingerprint density at radius 3 is 1.36 bits per heavy atom. The van der Waals surface area contributed by atoms with Crippen molar-refractivity contribution in [3.63, 3.8) is 0 Å². The average molecular weight is 1010 g/mol. The summed E-state index contributed by atoms with van der Waals surface area (Å²) in [5, 5.41) is 17.4. The van der Waals surface area contributed by atoms with E-state index in [0.717, 1.165) is 77.6 Å². The van der Waals surface area contributed by atoms with E-state index < -0.39 is 8.07 Å². The maximum Gasteiger partial charge on any atom is 0.194 e. The first-order valence-electron chi connectivity index (χ1n) is 25.9. The minimum atomic E-state index is -2.97. The van der Waals surface area contributed by atoms with Gasteiger partial charge in [-0.15, -0.1) is 0 Å².